The van der Waals surface area contributed by atoms with Gasteiger partial charge in [-0.05, 0) is 0 Å². The second-order valence-electron chi connectivity index (χ2n) is 0. The van der Waals surface area contributed by atoms with Crippen molar-refractivity contribution >= 4 is 0 Å². The summed E-state index contributed by atoms with van der Waals surface area (Å²) in [7, 11) is 0. The Balaban J connectivity index is 0. The van der Waals surface area contributed by atoms with E-state index in [1.165, 1.54) is 0 Å². The summed E-state index contributed by atoms with van der Waals surface area (Å²) in [6, 6.07) is 0. The van der Waals surface area contributed by atoms with Gasteiger partial charge in [-0.15, -0.1) is 0 Å². The van der Waals surface area contributed by atoms with Gasteiger partial charge in [0.25, 0.3) is 0 Å². The summed E-state index contributed by atoms with van der Waals surface area (Å²) in [5, 5.41) is 0. The van der Waals surface area contributed by atoms with Crippen LogP contribution in [0.15, 0.2) is 0 Å². The predicted molar refractivity (Wildman–Crippen MR) is 3.61 cm³/mol. The van der Waals surface area contributed by atoms with Crippen molar-refractivity contribution in [1.82, 2.24) is 0 Å². The molecular weight excluding hydrogens is 402 g/mol. The van der Waals surface area contributed by atoms with Crippen LogP contribution in [0.25, 0.3) is 0 Å². The molecule has 42 valence electrons. The van der Waals surface area contributed by atoms with E-state index in [-0.39, 0.29) is 84.3 Å². The molecule has 0 fully saturated rings. The summed E-state index contributed by atoms with van der Waals surface area (Å²) < 4.78 is 0. The molecule has 6 heavy (non-hydrogen) atoms. The molecule has 0 saturated heterocycles. The zero-order chi connectivity index (χ0) is 0. The fourth-order valence-electron chi connectivity index (χ4n) is 0. The van der Waals surface area contributed by atoms with Gasteiger partial charge in [-0.25, -0.2) is 0 Å². The predicted octanol–water partition coefficient (Wildman–Crippen LogP) is -12.8. The summed E-state index contributed by atoms with van der Waals surface area (Å²) >= 11 is 0. The van der Waals surface area contributed by atoms with Gasteiger partial charge in [-0.3, -0.25) is 0 Å². The summed E-state index contributed by atoms with van der Waals surface area (Å²) in [4.78, 5) is 0. The molecule has 0 aliphatic heterocycles. The zero-order valence-electron chi connectivity index (χ0n) is 2.42. The van der Waals surface area contributed by atoms with Gasteiger partial charge in [0.05, 0.1) is 0 Å². The molecule has 0 heterocycles. The molecule has 0 bridgehead atoms. The van der Waals surface area contributed by atoms with Crippen LogP contribution in [0, 0.1) is 29.2 Å². The van der Waals surface area contributed by atoms with Gasteiger partial charge in [-0.2, -0.15) is 0 Å². The van der Waals surface area contributed by atoms with Crippen molar-refractivity contribution in [2.24, 2.45) is 0 Å². The van der Waals surface area contributed by atoms with Crippen LogP contribution < -0.4 is 49.6 Å². The van der Waals surface area contributed by atoms with Gasteiger partial charge in [-0.1, -0.05) is 0 Å². The maximum Gasteiger partial charge on any atom is 4.00 e. The summed E-state index contributed by atoms with van der Waals surface area (Å²) in [6.45, 7) is 0. The van der Waals surface area contributed by atoms with E-state index in [4.69, 9.17) is 0 Å². The van der Waals surface area contributed by atoms with E-state index in [1.54, 1.807) is 0 Å². The van der Waals surface area contributed by atoms with Gasteiger partial charge >= 0.3 is 29.2 Å². The third kappa shape index (κ3) is 35.9. The number of hydrogen-bond acceptors (Lipinski definition) is 0. The van der Waals surface area contributed by atoms with E-state index in [0.29, 0.717) is 0 Å². The molecule has 0 aliphatic carbocycles. The molecule has 0 atom stereocenters. The minimum Gasteiger partial charge on any atom is -1.00 e. The Hall–Kier alpha value is 2.11. The van der Waals surface area contributed by atoms with E-state index in [1.807, 2.05) is 0 Å². The molecular formula is H2Cl4OPu. The average Bonchev–Trinajstić information content (AvgIpc) is 0. The quantitative estimate of drug-likeness (QED) is 0.385. The minimum atomic E-state index is 0. The Bertz CT molecular complexity index is 7.51. The molecule has 0 unspecified atom stereocenters. The van der Waals surface area contributed by atoms with Gasteiger partial charge < -0.3 is 55.1 Å². The monoisotopic (exact) mass is 396 g/mol. The van der Waals surface area contributed by atoms with Crippen molar-refractivity contribution in [3.8, 4) is 0 Å². The number of rotatable bonds is 0. The molecule has 0 aromatic heterocycles. The fourth-order valence-corrected chi connectivity index (χ4v) is 0. The first-order valence-corrected chi connectivity index (χ1v) is 0. The topological polar surface area (TPSA) is 31.5 Å². The molecule has 6 heteroatoms. The molecule has 0 saturated carbocycles. The number of halogens is 4. The zero-order valence-corrected chi connectivity index (χ0v) is 8.84. The molecule has 2 N–H and O–H groups in total. The van der Waals surface area contributed by atoms with Crippen LogP contribution >= 0.6 is 0 Å². The van der Waals surface area contributed by atoms with Crippen molar-refractivity contribution in [2.75, 3.05) is 0 Å². The molecule has 0 aromatic rings. The molecule has 0 aliphatic rings. The first kappa shape index (κ1) is 92.2. The second kappa shape index (κ2) is 59.7. The van der Waals surface area contributed by atoms with Gasteiger partial charge in [0.2, 0.25) is 0 Å². The first-order valence-electron chi connectivity index (χ1n) is 0. The van der Waals surface area contributed by atoms with Crippen LogP contribution in [-0.4, -0.2) is 5.48 Å². The van der Waals surface area contributed by atoms with Crippen molar-refractivity contribution in [3.05, 3.63) is 0 Å². The Morgan fingerprint density at radius 1 is 0.500 bits per heavy atom. The van der Waals surface area contributed by atoms with Crippen LogP contribution in [0.4, 0.5) is 0 Å². The summed E-state index contributed by atoms with van der Waals surface area (Å²) in [5.74, 6) is 0. The summed E-state index contributed by atoms with van der Waals surface area (Å²) in [5.41, 5.74) is 0. The Labute approximate surface area is 83.5 Å². The maximum absolute atomic E-state index is 0. The van der Waals surface area contributed by atoms with Crippen LogP contribution in [0.3, 0.4) is 0 Å². The van der Waals surface area contributed by atoms with E-state index in [0.717, 1.165) is 0 Å². The normalized spacial score (nSPS) is 0. The fraction of sp³-hybridized carbons (Fsp3) is 0. The van der Waals surface area contributed by atoms with Crippen LogP contribution in [0.5, 0.6) is 0 Å². The van der Waals surface area contributed by atoms with Crippen LogP contribution in [0.1, 0.15) is 0 Å². The van der Waals surface area contributed by atoms with Gasteiger partial charge in [0.15, 0.2) is 0 Å². The molecule has 0 rings (SSSR count). The van der Waals surface area contributed by atoms with Crippen molar-refractivity contribution in [3.63, 3.8) is 0 Å². The van der Waals surface area contributed by atoms with Crippen molar-refractivity contribution in [2.45, 2.75) is 0 Å². The average molecular weight is 404 g/mol. The van der Waals surface area contributed by atoms with E-state index < -0.39 is 0 Å². The second-order valence-corrected chi connectivity index (χ2v) is 0. The van der Waals surface area contributed by atoms with Crippen molar-refractivity contribution in [1.29, 1.82) is 0 Å². The third-order valence-corrected chi connectivity index (χ3v) is 0. The van der Waals surface area contributed by atoms with E-state index >= 15 is 0 Å². The Morgan fingerprint density at radius 3 is 0.500 bits per heavy atom. The maximum atomic E-state index is 0. The largest absolute Gasteiger partial charge is 4.00 e. The van der Waals surface area contributed by atoms with Gasteiger partial charge in [0.1, 0.15) is 0 Å². The van der Waals surface area contributed by atoms with Crippen LogP contribution in [-0.2, 0) is 0 Å². The van der Waals surface area contributed by atoms with E-state index in [9.17, 15) is 0 Å². The first-order chi connectivity index (χ1) is 0. The Kier molecular flexibility index (Phi) is 918. The van der Waals surface area contributed by atoms with Crippen molar-refractivity contribution < 1.29 is 84.3 Å². The van der Waals surface area contributed by atoms with Gasteiger partial charge in [0, 0.05) is 0 Å². The molecule has 0 aromatic carbocycles. The summed E-state index contributed by atoms with van der Waals surface area (Å²) in [6.07, 6.45) is 0. The molecule has 0 amide bonds. The minimum absolute atomic E-state index is 0. The van der Waals surface area contributed by atoms with Crippen LogP contribution in [0.2, 0.25) is 0 Å². The molecule has 0 spiro atoms. The van der Waals surface area contributed by atoms with E-state index in [2.05, 4.69) is 0 Å². The molecule has 0 radical (unpaired) electrons. The standard InChI is InChI=1S/4ClH.H2O.Pu/h4*1H;1H2;/q;;;;;+4/p-4. The number of hydrogen-bond donors (Lipinski definition) is 0. The smallest absolute Gasteiger partial charge is 1.00 e. The SMILES string of the molecule is O.[Cl-].[Cl-].[Cl-].[Cl-].[Pu+4]. The Morgan fingerprint density at radius 2 is 0.500 bits per heavy atom. The third-order valence-electron chi connectivity index (χ3n) is 0. The molecule has 1 nitrogen and oxygen atoms in total.